The maximum Gasteiger partial charge on any atom is 0.276 e. The maximum atomic E-state index is 11.2. The first-order valence-corrected chi connectivity index (χ1v) is 7.27. The average Bonchev–Trinajstić information content (AvgIpc) is 3.22. The molecule has 0 radical (unpaired) electrons. The molecule has 1 saturated carbocycles. The van der Waals surface area contributed by atoms with Crippen molar-refractivity contribution in [2.24, 2.45) is 5.92 Å². The highest BCUT2D eigenvalue weighted by Crippen LogP contribution is 2.42. The van der Waals surface area contributed by atoms with Gasteiger partial charge in [-0.15, -0.1) is 0 Å². The van der Waals surface area contributed by atoms with Crippen LogP contribution < -0.4 is 9.47 Å². The van der Waals surface area contributed by atoms with Gasteiger partial charge in [-0.2, -0.15) is 0 Å². The Morgan fingerprint density at radius 3 is 2.53 bits per heavy atom. The number of fused-ring (bicyclic) bond motifs is 1. The first kappa shape index (κ1) is 12.7. The molecule has 3 rings (SSSR count). The number of hydrogen-bond donors (Lipinski definition) is 0. The molecular weight excluding hydrogens is 314 g/mol. The summed E-state index contributed by atoms with van der Waals surface area (Å²) in [6.45, 7) is 0.928. The van der Waals surface area contributed by atoms with Crippen LogP contribution in [0.5, 0.6) is 11.5 Å². The number of ether oxygens (including phenoxy) is 2. The van der Waals surface area contributed by atoms with Crippen molar-refractivity contribution in [2.75, 3.05) is 13.2 Å². The van der Waals surface area contributed by atoms with E-state index < -0.39 is 0 Å². The van der Waals surface area contributed by atoms with Crippen LogP contribution >= 0.6 is 15.9 Å². The van der Waals surface area contributed by atoms with Crippen molar-refractivity contribution in [3.8, 4) is 11.5 Å². The molecule has 102 valence electrons. The first-order chi connectivity index (χ1) is 9.15. The fourth-order valence-electron chi connectivity index (χ4n) is 2.29. The minimum Gasteiger partial charge on any atom is -0.486 e. The summed E-state index contributed by atoms with van der Waals surface area (Å²) in [5.74, 6) is 1.73. The third-order valence-electron chi connectivity index (χ3n) is 3.49. The summed E-state index contributed by atoms with van der Waals surface area (Å²) in [5.41, 5.74) is 0.831. The quantitative estimate of drug-likeness (QED) is 0.484. The Morgan fingerprint density at radius 1 is 1.32 bits per heavy atom. The zero-order valence-electron chi connectivity index (χ0n) is 10.3. The third-order valence-corrected chi connectivity index (χ3v) is 4.56. The van der Waals surface area contributed by atoms with Crippen molar-refractivity contribution in [1.82, 2.24) is 0 Å². The highest BCUT2D eigenvalue weighted by atomic mass is 79.9. The van der Waals surface area contributed by atoms with Crippen LogP contribution in [0.2, 0.25) is 0 Å². The van der Waals surface area contributed by atoms with Gasteiger partial charge in [-0.25, -0.2) is 0 Å². The number of rotatable bonds is 4. The Hall–Kier alpha value is -1.30. The molecule has 1 aliphatic carbocycles. The summed E-state index contributed by atoms with van der Waals surface area (Å²) in [4.78, 5) is 11.1. The summed E-state index contributed by atoms with van der Waals surface area (Å²) < 4.78 is 10.9. The second kappa shape index (κ2) is 5.00. The molecule has 0 bridgehead atoms. The molecule has 1 fully saturated rings. The Morgan fingerprint density at radius 2 is 1.95 bits per heavy atom. The molecule has 0 spiro atoms. The van der Waals surface area contributed by atoms with Gasteiger partial charge in [-0.1, -0.05) is 15.9 Å². The fourth-order valence-corrected chi connectivity index (χ4v) is 3.17. The Bertz CT molecular complexity index is 516. The Kier molecular flexibility index (Phi) is 3.35. The van der Waals surface area contributed by atoms with Crippen molar-refractivity contribution in [2.45, 2.75) is 24.1 Å². The highest BCUT2D eigenvalue weighted by Gasteiger charge is 2.32. The number of nitro benzene ring substituents is 1. The molecule has 0 N–H and O–H groups in total. The first-order valence-electron chi connectivity index (χ1n) is 6.36. The summed E-state index contributed by atoms with van der Waals surface area (Å²) >= 11 is 3.63. The molecule has 1 atom stereocenters. The largest absolute Gasteiger partial charge is 0.486 e. The number of nitrogens with zero attached hydrogens (tertiary/aromatic N) is 1. The van der Waals surface area contributed by atoms with Crippen LogP contribution in [0, 0.1) is 16.0 Å². The second-order valence-electron chi connectivity index (χ2n) is 4.94. The van der Waals surface area contributed by atoms with E-state index in [0.29, 0.717) is 47.4 Å². The number of benzene rings is 1. The van der Waals surface area contributed by atoms with Crippen molar-refractivity contribution in [3.63, 3.8) is 0 Å². The molecule has 1 aromatic carbocycles. The fraction of sp³-hybridized carbons (Fsp3) is 0.538. The van der Waals surface area contributed by atoms with E-state index >= 15 is 0 Å². The molecule has 1 unspecified atom stereocenters. The molecule has 2 aliphatic rings. The van der Waals surface area contributed by atoms with Gasteiger partial charge in [-0.3, -0.25) is 10.1 Å². The second-order valence-corrected chi connectivity index (χ2v) is 6.12. The molecular formula is C13H14BrNO4. The minimum absolute atomic E-state index is 0.120. The maximum absolute atomic E-state index is 11.2. The number of alkyl halides is 1. The lowest BCUT2D eigenvalue weighted by atomic mass is 10.0. The number of hydrogen-bond acceptors (Lipinski definition) is 4. The van der Waals surface area contributed by atoms with Crippen molar-refractivity contribution in [3.05, 3.63) is 27.8 Å². The van der Waals surface area contributed by atoms with Gasteiger partial charge in [0.1, 0.15) is 13.2 Å². The molecule has 5 nitrogen and oxygen atoms in total. The Labute approximate surface area is 119 Å². The SMILES string of the molecule is O=[N+]([O-])c1cc2c(cc1CC(Br)C1CC1)OCCO2. The van der Waals surface area contributed by atoms with Crippen LogP contribution in [0.3, 0.4) is 0 Å². The van der Waals surface area contributed by atoms with E-state index in [4.69, 9.17) is 9.47 Å². The highest BCUT2D eigenvalue weighted by molar-refractivity contribution is 9.09. The van der Waals surface area contributed by atoms with Crippen LogP contribution in [0.1, 0.15) is 18.4 Å². The van der Waals surface area contributed by atoms with Crippen LogP contribution in [0.25, 0.3) is 0 Å². The summed E-state index contributed by atoms with van der Waals surface area (Å²) in [7, 11) is 0. The van der Waals surface area contributed by atoms with Gasteiger partial charge in [0.05, 0.1) is 11.0 Å². The molecule has 1 aliphatic heterocycles. The summed E-state index contributed by atoms with van der Waals surface area (Å²) in [6, 6.07) is 3.24. The topological polar surface area (TPSA) is 61.6 Å². The van der Waals surface area contributed by atoms with E-state index in [2.05, 4.69) is 15.9 Å². The Balaban J connectivity index is 1.93. The van der Waals surface area contributed by atoms with Crippen LogP contribution in [-0.4, -0.2) is 23.0 Å². The van der Waals surface area contributed by atoms with E-state index in [1.165, 1.54) is 18.9 Å². The molecule has 0 amide bonds. The van der Waals surface area contributed by atoms with Gasteiger partial charge in [0, 0.05) is 10.4 Å². The van der Waals surface area contributed by atoms with E-state index in [9.17, 15) is 10.1 Å². The third kappa shape index (κ3) is 2.68. The van der Waals surface area contributed by atoms with Gasteiger partial charge in [0.2, 0.25) is 0 Å². The van der Waals surface area contributed by atoms with E-state index in [0.717, 1.165) is 0 Å². The lowest BCUT2D eigenvalue weighted by Gasteiger charge is -2.19. The van der Waals surface area contributed by atoms with Crippen molar-refractivity contribution in [1.29, 1.82) is 0 Å². The van der Waals surface area contributed by atoms with Crippen LogP contribution in [0.15, 0.2) is 12.1 Å². The smallest absolute Gasteiger partial charge is 0.276 e. The molecule has 1 aromatic rings. The zero-order valence-corrected chi connectivity index (χ0v) is 11.9. The van der Waals surface area contributed by atoms with Gasteiger partial charge >= 0.3 is 0 Å². The molecule has 0 aromatic heterocycles. The number of nitro groups is 1. The number of halogens is 1. The van der Waals surface area contributed by atoms with Crippen LogP contribution in [0.4, 0.5) is 5.69 Å². The van der Waals surface area contributed by atoms with Crippen molar-refractivity contribution >= 4 is 21.6 Å². The van der Waals surface area contributed by atoms with Gasteiger partial charge < -0.3 is 9.47 Å². The van der Waals surface area contributed by atoms with Gasteiger partial charge in [0.25, 0.3) is 5.69 Å². The lowest BCUT2D eigenvalue weighted by Crippen LogP contribution is -2.16. The van der Waals surface area contributed by atoms with E-state index in [-0.39, 0.29) is 10.6 Å². The summed E-state index contributed by atoms with van der Waals surface area (Å²) in [6.07, 6.45) is 3.06. The summed E-state index contributed by atoms with van der Waals surface area (Å²) in [5, 5.41) is 11.2. The van der Waals surface area contributed by atoms with Crippen LogP contribution in [-0.2, 0) is 6.42 Å². The molecule has 19 heavy (non-hydrogen) atoms. The van der Waals surface area contributed by atoms with E-state index in [1.54, 1.807) is 6.07 Å². The average molecular weight is 328 g/mol. The standard InChI is InChI=1S/C13H14BrNO4/c14-10(8-1-2-8)5-9-6-12-13(19-4-3-18-12)7-11(9)15(16)17/h6-8,10H,1-5H2. The van der Waals surface area contributed by atoms with Gasteiger partial charge in [-0.05, 0) is 31.2 Å². The van der Waals surface area contributed by atoms with Crippen molar-refractivity contribution < 1.29 is 14.4 Å². The predicted molar refractivity (Wildman–Crippen MR) is 73.2 cm³/mol. The van der Waals surface area contributed by atoms with Gasteiger partial charge in [0.15, 0.2) is 11.5 Å². The minimum atomic E-state index is -0.347. The normalized spacial score (nSPS) is 19.0. The molecule has 6 heteroatoms. The molecule has 0 saturated heterocycles. The monoisotopic (exact) mass is 327 g/mol. The predicted octanol–water partition coefficient (Wildman–Crippen LogP) is 3.08. The molecule has 1 heterocycles. The lowest BCUT2D eigenvalue weighted by molar-refractivity contribution is -0.385. The zero-order chi connectivity index (χ0) is 13.4. The van der Waals surface area contributed by atoms with E-state index in [1.807, 2.05) is 0 Å².